The first-order chi connectivity index (χ1) is 11.3. The molecule has 0 aliphatic heterocycles. The van der Waals surface area contributed by atoms with Crippen molar-refractivity contribution in [2.75, 3.05) is 13.6 Å². The summed E-state index contributed by atoms with van der Waals surface area (Å²) in [6, 6.07) is 9.88. The lowest BCUT2D eigenvalue weighted by Gasteiger charge is -2.16. The summed E-state index contributed by atoms with van der Waals surface area (Å²) in [7, 11) is -1.97. The van der Waals surface area contributed by atoms with Crippen molar-refractivity contribution in [2.45, 2.75) is 11.4 Å². The Morgan fingerprint density at radius 3 is 2.75 bits per heavy atom. The maximum absolute atomic E-state index is 12.5. The SMILES string of the molecule is C=CCNS(=O)(=O)c1cccc(C(=O)N(C)Cc2ccc(Br)s2)c1. The highest BCUT2D eigenvalue weighted by Gasteiger charge is 2.18. The molecule has 1 aromatic carbocycles. The molecule has 0 radical (unpaired) electrons. The van der Waals surface area contributed by atoms with Crippen LogP contribution in [0.1, 0.15) is 15.2 Å². The fraction of sp³-hybridized carbons (Fsp3) is 0.188. The van der Waals surface area contributed by atoms with Crippen molar-refractivity contribution >= 4 is 43.2 Å². The van der Waals surface area contributed by atoms with Crippen LogP contribution in [-0.2, 0) is 16.6 Å². The van der Waals surface area contributed by atoms with E-state index < -0.39 is 10.0 Å². The maximum Gasteiger partial charge on any atom is 0.253 e. The highest BCUT2D eigenvalue weighted by molar-refractivity contribution is 9.11. The van der Waals surface area contributed by atoms with E-state index >= 15 is 0 Å². The molecule has 2 rings (SSSR count). The standard InChI is InChI=1S/C16H17BrN2O3S2/c1-3-9-18-24(21,22)14-6-4-5-12(10-14)16(20)19(2)11-13-7-8-15(17)23-13/h3-8,10,18H,1,9,11H2,2H3. The van der Waals surface area contributed by atoms with Gasteiger partial charge in [-0.2, -0.15) is 0 Å². The minimum Gasteiger partial charge on any atom is -0.337 e. The van der Waals surface area contributed by atoms with Gasteiger partial charge in [0, 0.05) is 24.0 Å². The number of carbonyl (C=O) groups is 1. The molecule has 0 saturated heterocycles. The number of hydrogen-bond donors (Lipinski definition) is 1. The molecule has 2 aromatic rings. The Kier molecular flexibility index (Phi) is 6.34. The Hall–Kier alpha value is -1.48. The van der Waals surface area contributed by atoms with Crippen molar-refractivity contribution in [1.29, 1.82) is 0 Å². The first-order valence-corrected chi connectivity index (χ1v) is 10.1. The number of nitrogens with one attached hydrogen (secondary N) is 1. The highest BCUT2D eigenvalue weighted by Crippen LogP contribution is 2.23. The summed E-state index contributed by atoms with van der Waals surface area (Å²) in [4.78, 5) is 15.2. The van der Waals surface area contributed by atoms with Crippen molar-refractivity contribution in [3.8, 4) is 0 Å². The predicted molar refractivity (Wildman–Crippen MR) is 99.6 cm³/mol. The largest absolute Gasteiger partial charge is 0.337 e. The zero-order valence-corrected chi connectivity index (χ0v) is 16.2. The number of sulfonamides is 1. The van der Waals surface area contributed by atoms with Gasteiger partial charge in [0.05, 0.1) is 15.2 Å². The topological polar surface area (TPSA) is 66.5 Å². The second kappa shape index (κ2) is 8.06. The molecule has 0 aliphatic rings. The maximum atomic E-state index is 12.5. The zero-order valence-electron chi connectivity index (χ0n) is 13.0. The van der Waals surface area contributed by atoms with Crippen LogP contribution < -0.4 is 4.72 Å². The summed E-state index contributed by atoms with van der Waals surface area (Å²) < 4.78 is 27.7. The van der Waals surface area contributed by atoms with E-state index in [1.54, 1.807) is 35.4 Å². The first kappa shape index (κ1) is 18.9. The molecule has 1 aromatic heterocycles. The van der Waals surface area contributed by atoms with E-state index in [1.165, 1.54) is 18.2 Å². The highest BCUT2D eigenvalue weighted by atomic mass is 79.9. The minimum atomic E-state index is -3.66. The second-order valence-electron chi connectivity index (χ2n) is 5.04. The number of rotatable bonds is 7. The quantitative estimate of drug-likeness (QED) is 0.688. The van der Waals surface area contributed by atoms with Gasteiger partial charge in [-0.15, -0.1) is 17.9 Å². The summed E-state index contributed by atoms with van der Waals surface area (Å²) in [5, 5.41) is 0. The third kappa shape index (κ3) is 4.76. The Labute approximate surface area is 154 Å². The van der Waals surface area contributed by atoms with Crippen LogP contribution in [0.5, 0.6) is 0 Å². The molecule has 1 amide bonds. The molecule has 128 valence electrons. The average molecular weight is 429 g/mol. The van der Waals surface area contributed by atoms with Gasteiger partial charge in [0.1, 0.15) is 0 Å². The molecule has 8 heteroatoms. The monoisotopic (exact) mass is 428 g/mol. The predicted octanol–water partition coefficient (Wildman–Crippen LogP) is 3.25. The molecule has 0 fully saturated rings. The second-order valence-corrected chi connectivity index (χ2v) is 9.35. The van der Waals surface area contributed by atoms with Gasteiger partial charge >= 0.3 is 0 Å². The van der Waals surface area contributed by atoms with E-state index in [1.807, 2.05) is 12.1 Å². The number of halogens is 1. The fourth-order valence-electron chi connectivity index (χ4n) is 2.01. The normalized spacial score (nSPS) is 11.2. The van der Waals surface area contributed by atoms with Gasteiger partial charge in [-0.25, -0.2) is 13.1 Å². The molecule has 0 spiro atoms. The number of carbonyl (C=O) groups excluding carboxylic acids is 1. The summed E-state index contributed by atoms with van der Waals surface area (Å²) in [6.45, 7) is 4.07. The molecule has 0 atom stereocenters. The van der Waals surface area contributed by atoms with E-state index in [0.717, 1.165) is 8.66 Å². The van der Waals surface area contributed by atoms with Crippen molar-refractivity contribution in [2.24, 2.45) is 0 Å². The van der Waals surface area contributed by atoms with Crippen molar-refractivity contribution in [1.82, 2.24) is 9.62 Å². The average Bonchev–Trinajstić information content (AvgIpc) is 2.97. The molecule has 0 aliphatic carbocycles. The van der Waals surface area contributed by atoms with E-state index in [0.29, 0.717) is 12.1 Å². The molecular formula is C16H17BrN2O3S2. The first-order valence-electron chi connectivity index (χ1n) is 7.04. The van der Waals surface area contributed by atoms with Gasteiger partial charge in [0.25, 0.3) is 5.91 Å². The Morgan fingerprint density at radius 2 is 2.12 bits per heavy atom. The lowest BCUT2D eigenvalue weighted by molar-refractivity contribution is 0.0786. The van der Waals surface area contributed by atoms with E-state index in [2.05, 4.69) is 27.2 Å². The summed E-state index contributed by atoms with van der Waals surface area (Å²) in [5.41, 5.74) is 0.328. The lowest BCUT2D eigenvalue weighted by atomic mass is 10.2. The van der Waals surface area contributed by atoms with Gasteiger partial charge in [0.15, 0.2) is 0 Å². The molecule has 0 unspecified atom stereocenters. The number of amides is 1. The summed E-state index contributed by atoms with van der Waals surface area (Å²) >= 11 is 4.94. The molecule has 1 N–H and O–H groups in total. The Bertz CT molecular complexity index is 847. The van der Waals surface area contributed by atoms with Gasteiger partial charge in [0.2, 0.25) is 10.0 Å². The van der Waals surface area contributed by atoms with Gasteiger partial charge < -0.3 is 4.90 Å². The molecule has 0 bridgehead atoms. The number of nitrogens with zero attached hydrogens (tertiary/aromatic N) is 1. The molecule has 5 nitrogen and oxygen atoms in total. The number of benzene rings is 1. The number of thiophene rings is 1. The fourth-order valence-corrected chi connectivity index (χ4v) is 4.59. The van der Waals surface area contributed by atoms with Crippen LogP contribution in [0, 0.1) is 0 Å². The third-order valence-electron chi connectivity index (χ3n) is 3.18. The van der Waals surface area contributed by atoms with Crippen molar-refractivity contribution in [3.63, 3.8) is 0 Å². The zero-order chi connectivity index (χ0) is 17.7. The van der Waals surface area contributed by atoms with Crippen LogP contribution >= 0.6 is 27.3 Å². The van der Waals surface area contributed by atoms with E-state index in [4.69, 9.17) is 0 Å². The van der Waals surface area contributed by atoms with Crippen LogP contribution in [0.2, 0.25) is 0 Å². The Balaban J connectivity index is 2.17. The van der Waals surface area contributed by atoms with E-state index in [9.17, 15) is 13.2 Å². The minimum absolute atomic E-state index is 0.0578. The van der Waals surface area contributed by atoms with Gasteiger partial charge in [-0.3, -0.25) is 4.79 Å². The smallest absolute Gasteiger partial charge is 0.253 e. The van der Waals surface area contributed by atoms with Crippen LogP contribution in [0.15, 0.2) is 57.7 Å². The van der Waals surface area contributed by atoms with Crippen molar-refractivity contribution < 1.29 is 13.2 Å². The summed E-state index contributed by atoms with van der Waals surface area (Å²) in [5.74, 6) is -0.236. The van der Waals surface area contributed by atoms with Gasteiger partial charge in [-0.1, -0.05) is 12.1 Å². The van der Waals surface area contributed by atoms with Crippen LogP contribution in [-0.4, -0.2) is 32.8 Å². The summed E-state index contributed by atoms with van der Waals surface area (Å²) in [6.07, 6.45) is 1.46. The number of hydrogen-bond acceptors (Lipinski definition) is 4. The van der Waals surface area contributed by atoms with Crippen LogP contribution in [0.25, 0.3) is 0 Å². The van der Waals surface area contributed by atoms with E-state index in [-0.39, 0.29) is 17.3 Å². The molecule has 0 saturated carbocycles. The van der Waals surface area contributed by atoms with Crippen LogP contribution in [0.3, 0.4) is 0 Å². The molecule has 1 heterocycles. The van der Waals surface area contributed by atoms with Crippen LogP contribution in [0.4, 0.5) is 0 Å². The lowest BCUT2D eigenvalue weighted by Crippen LogP contribution is -2.27. The third-order valence-corrected chi connectivity index (χ3v) is 6.21. The molecule has 24 heavy (non-hydrogen) atoms. The van der Waals surface area contributed by atoms with Gasteiger partial charge in [-0.05, 0) is 46.3 Å². The van der Waals surface area contributed by atoms with Crippen molar-refractivity contribution in [3.05, 3.63) is 63.3 Å². The Morgan fingerprint density at radius 1 is 1.38 bits per heavy atom. The molecular weight excluding hydrogens is 412 g/mol.